The van der Waals surface area contributed by atoms with Crippen LogP contribution in [-0.4, -0.2) is 17.1 Å². The van der Waals surface area contributed by atoms with E-state index in [-0.39, 0.29) is 22.9 Å². The van der Waals surface area contributed by atoms with E-state index in [1.54, 1.807) is 12.1 Å². The number of hydrogen-bond acceptors (Lipinski definition) is 4. The fraction of sp³-hybridized carbons (Fsp3) is 0.158. The molecule has 0 aliphatic rings. The van der Waals surface area contributed by atoms with E-state index in [0.29, 0.717) is 11.1 Å². The number of nitrogens with zero attached hydrogens (tertiary/aromatic N) is 2. The average Bonchev–Trinajstić information content (AvgIpc) is 2.61. The van der Waals surface area contributed by atoms with Gasteiger partial charge >= 0.3 is 6.18 Å². The van der Waals surface area contributed by atoms with Crippen LogP contribution in [0.3, 0.4) is 0 Å². The number of aryl methyl sites for hydroxylation is 1. The molecule has 27 heavy (non-hydrogen) atoms. The Kier molecular flexibility index (Phi) is 4.98. The lowest BCUT2D eigenvalue weighted by Crippen LogP contribution is -2.10. The van der Waals surface area contributed by atoms with Crippen LogP contribution in [0.15, 0.2) is 48.8 Å². The van der Waals surface area contributed by atoms with Gasteiger partial charge in [0.15, 0.2) is 0 Å². The van der Waals surface area contributed by atoms with Gasteiger partial charge in [-0.05, 0) is 42.8 Å². The van der Waals surface area contributed by atoms with Gasteiger partial charge in [0.1, 0.15) is 23.0 Å². The Bertz CT molecular complexity index is 974. The molecular formula is C19H14F4N2O2. The second kappa shape index (κ2) is 7.22. The number of aromatic nitrogens is 2. The van der Waals surface area contributed by atoms with Crippen molar-refractivity contribution in [3.8, 4) is 28.5 Å². The second-order valence-corrected chi connectivity index (χ2v) is 5.64. The zero-order chi connectivity index (χ0) is 19.6. The lowest BCUT2D eigenvalue weighted by molar-refractivity contribution is -0.141. The molecule has 3 aromatic rings. The summed E-state index contributed by atoms with van der Waals surface area (Å²) in [5.41, 5.74) is -0.0290. The summed E-state index contributed by atoms with van der Waals surface area (Å²) in [6, 6.07) is 8.56. The minimum atomic E-state index is -4.54. The van der Waals surface area contributed by atoms with Gasteiger partial charge in [-0.3, -0.25) is 0 Å². The van der Waals surface area contributed by atoms with Gasteiger partial charge in [0.2, 0.25) is 5.88 Å². The fourth-order valence-corrected chi connectivity index (χ4v) is 2.58. The Balaban J connectivity index is 2.00. The van der Waals surface area contributed by atoms with Crippen molar-refractivity contribution in [2.45, 2.75) is 13.1 Å². The van der Waals surface area contributed by atoms with Gasteiger partial charge < -0.3 is 9.47 Å². The predicted octanol–water partition coefficient (Wildman–Crippen LogP) is 5.41. The molecule has 3 rings (SSSR count). The number of methoxy groups -OCH3 is 1. The minimum absolute atomic E-state index is 0.0724. The summed E-state index contributed by atoms with van der Waals surface area (Å²) in [5, 5.41) is 0. The number of hydrogen-bond donors (Lipinski definition) is 0. The highest BCUT2D eigenvalue weighted by atomic mass is 19.4. The molecule has 0 atom stereocenters. The van der Waals surface area contributed by atoms with Crippen molar-refractivity contribution in [3.63, 3.8) is 0 Å². The SMILES string of the molecule is COc1cc(F)ccc1-c1cccnc1Oc1cnc(C(F)(F)F)c(C)c1. The summed E-state index contributed by atoms with van der Waals surface area (Å²) in [7, 11) is 1.40. The summed E-state index contributed by atoms with van der Waals surface area (Å²) in [6.45, 7) is 1.30. The molecule has 0 spiro atoms. The number of alkyl halides is 3. The van der Waals surface area contributed by atoms with E-state index < -0.39 is 17.7 Å². The molecule has 1 aromatic carbocycles. The van der Waals surface area contributed by atoms with Crippen molar-refractivity contribution >= 4 is 0 Å². The summed E-state index contributed by atoms with van der Waals surface area (Å²) >= 11 is 0. The van der Waals surface area contributed by atoms with E-state index in [1.807, 2.05) is 0 Å². The third kappa shape index (κ3) is 3.99. The van der Waals surface area contributed by atoms with Crippen LogP contribution in [0.4, 0.5) is 17.6 Å². The van der Waals surface area contributed by atoms with Crippen molar-refractivity contribution < 1.29 is 27.0 Å². The fourth-order valence-electron chi connectivity index (χ4n) is 2.58. The molecule has 0 saturated carbocycles. The Labute approximate surface area is 152 Å². The molecule has 0 saturated heterocycles. The normalized spacial score (nSPS) is 11.3. The Morgan fingerprint density at radius 2 is 1.78 bits per heavy atom. The van der Waals surface area contributed by atoms with E-state index in [9.17, 15) is 17.6 Å². The molecule has 0 aliphatic heterocycles. The maximum Gasteiger partial charge on any atom is 0.433 e. The predicted molar refractivity (Wildman–Crippen MR) is 90.2 cm³/mol. The molecule has 0 N–H and O–H groups in total. The zero-order valence-electron chi connectivity index (χ0n) is 14.3. The molecule has 4 nitrogen and oxygen atoms in total. The van der Waals surface area contributed by atoms with Crippen LogP contribution in [0.2, 0.25) is 0 Å². The lowest BCUT2D eigenvalue weighted by atomic mass is 10.1. The third-order valence-corrected chi connectivity index (χ3v) is 3.76. The number of benzene rings is 1. The van der Waals surface area contributed by atoms with Crippen LogP contribution in [0.1, 0.15) is 11.3 Å². The Morgan fingerprint density at radius 3 is 2.44 bits per heavy atom. The molecule has 0 amide bonds. The molecule has 0 aliphatic carbocycles. The second-order valence-electron chi connectivity index (χ2n) is 5.64. The molecule has 2 aromatic heterocycles. The highest BCUT2D eigenvalue weighted by molar-refractivity contribution is 5.74. The third-order valence-electron chi connectivity index (χ3n) is 3.76. The Hall–Kier alpha value is -3.16. The van der Waals surface area contributed by atoms with Gasteiger partial charge in [0.05, 0.1) is 13.3 Å². The van der Waals surface area contributed by atoms with Gasteiger partial charge in [-0.2, -0.15) is 13.2 Å². The molecule has 140 valence electrons. The van der Waals surface area contributed by atoms with Crippen LogP contribution >= 0.6 is 0 Å². The zero-order valence-corrected chi connectivity index (χ0v) is 14.3. The van der Waals surface area contributed by atoms with Crippen molar-refractivity contribution in [1.82, 2.24) is 9.97 Å². The molecule has 0 unspecified atom stereocenters. The Morgan fingerprint density at radius 1 is 1.00 bits per heavy atom. The van der Waals surface area contributed by atoms with Crippen molar-refractivity contribution in [2.75, 3.05) is 7.11 Å². The first-order valence-electron chi connectivity index (χ1n) is 7.80. The monoisotopic (exact) mass is 378 g/mol. The van der Waals surface area contributed by atoms with Gasteiger partial charge in [-0.1, -0.05) is 0 Å². The van der Waals surface area contributed by atoms with E-state index in [1.165, 1.54) is 44.5 Å². The first-order chi connectivity index (χ1) is 12.8. The minimum Gasteiger partial charge on any atom is -0.496 e. The molecule has 2 heterocycles. The first-order valence-corrected chi connectivity index (χ1v) is 7.80. The first kappa shape index (κ1) is 18.6. The van der Waals surface area contributed by atoms with E-state index in [4.69, 9.17) is 9.47 Å². The average molecular weight is 378 g/mol. The van der Waals surface area contributed by atoms with Crippen LogP contribution < -0.4 is 9.47 Å². The van der Waals surface area contributed by atoms with Crippen LogP contribution in [-0.2, 0) is 6.18 Å². The summed E-state index contributed by atoms with van der Waals surface area (Å²) in [6.07, 6.45) is -2.09. The number of ether oxygens (including phenoxy) is 2. The van der Waals surface area contributed by atoms with Gasteiger partial charge in [0.25, 0.3) is 0 Å². The number of halogens is 4. The molecular weight excluding hydrogens is 364 g/mol. The molecule has 8 heteroatoms. The number of pyridine rings is 2. The van der Waals surface area contributed by atoms with Crippen LogP contribution in [0.5, 0.6) is 17.4 Å². The molecule has 0 fully saturated rings. The summed E-state index contributed by atoms with van der Waals surface area (Å²) in [5.74, 6) is 0.0315. The van der Waals surface area contributed by atoms with E-state index >= 15 is 0 Å². The maximum absolute atomic E-state index is 13.4. The van der Waals surface area contributed by atoms with Crippen LogP contribution in [0.25, 0.3) is 11.1 Å². The lowest BCUT2D eigenvalue weighted by Gasteiger charge is -2.14. The van der Waals surface area contributed by atoms with Crippen molar-refractivity contribution in [1.29, 1.82) is 0 Å². The smallest absolute Gasteiger partial charge is 0.433 e. The van der Waals surface area contributed by atoms with E-state index in [2.05, 4.69) is 9.97 Å². The van der Waals surface area contributed by atoms with Gasteiger partial charge in [0, 0.05) is 23.4 Å². The molecule has 0 radical (unpaired) electrons. The summed E-state index contributed by atoms with van der Waals surface area (Å²) < 4.78 is 62.8. The largest absolute Gasteiger partial charge is 0.496 e. The standard InChI is InChI=1S/C19H14F4N2O2/c1-11-8-13(10-25-17(11)19(21,22)23)27-18-15(4-3-7-24-18)14-6-5-12(20)9-16(14)26-2/h3-10H,1-2H3. The summed E-state index contributed by atoms with van der Waals surface area (Å²) in [4.78, 5) is 7.57. The maximum atomic E-state index is 13.4. The molecule has 0 bridgehead atoms. The highest BCUT2D eigenvalue weighted by Gasteiger charge is 2.34. The van der Waals surface area contributed by atoms with Gasteiger partial charge in [-0.15, -0.1) is 0 Å². The van der Waals surface area contributed by atoms with Crippen LogP contribution in [0, 0.1) is 12.7 Å². The topological polar surface area (TPSA) is 44.2 Å². The van der Waals surface area contributed by atoms with Gasteiger partial charge in [-0.25, -0.2) is 14.4 Å². The quantitative estimate of drug-likeness (QED) is 0.570. The number of rotatable bonds is 4. The highest BCUT2D eigenvalue weighted by Crippen LogP contribution is 2.38. The van der Waals surface area contributed by atoms with E-state index in [0.717, 1.165) is 6.20 Å². The van der Waals surface area contributed by atoms with Crippen molar-refractivity contribution in [3.05, 3.63) is 65.9 Å². The van der Waals surface area contributed by atoms with Crippen molar-refractivity contribution in [2.24, 2.45) is 0 Å².